The van der Waals surface area contributed by atoms with E-state index in [1.165, 1.54) is 24.3 Å². The van der Waals surface area contributed by atoms with Gasteiger partial charge in [-0.2, -0.15) is 0 Å². The first-order valence-electron chi connectivity index (χ1n) is 19.3. The van der Waals surface area contributed by atoms with Crippen molar-refractivity contribution in [3.8, 4) is 0 Å². The van der Waals surface area contributed by atoms with Gasteiger partial charge in [0.25, 0.3) is 0 Å². The summed E-state index contributed by atoms with van der Waals surface area (Å²) in [6, 6.07) is 13.0. The molecule has 2 unspecified atom stereocenters. The van der Waals surface area contributed by atoms with Crippen molar-refractivity contribution in [2.45, 2.75) is 50.3 Å². The molecule has 2 rings (SSSR count). The topological polar surface area (TPSA) is 261 Å². The van der Waals surface area contributed by atoms with E-state index >= 15 is 0 Å². The minimum atomic E-state index is -1.70. The molecule has 0 spiro atoms. The fourth-order valence-corrected chi connectivity index (χ4v) is 5.15. The molecule has 6 N–H and O–H groups in total. The highest BCUT2D eigenvalue weighted by molar-refractivity contribution is 5.98. The fourth-order valence-electron chi connectivity index (χ4n) is 5.15. The van der Waals surface area contributed by atoms with Crippen molar-refractivity contribution in [1.29, 1.82) is 0 Å². The number of nitrogens with one attached hydrogen (secondary N) is 4. The lowest BCUT2D eigenvalue weighted by Gasteiger charge is -2.23. The number of amides is 3. The molecule has 2 aromatic rings. The lowest BCUT2D eigenvalue weighted by molar-refractivity contribution is -0.147. The number of carboxylic acid groups (broad SMARTS) is 1. The number of carboxylic acids is 1. The smallest absolute Gasteiger partial charge is 0.337 e. The predicted octanol–water partition coefficient (Wildman–Crippen LogP) is 2.15. The molecule has 0 heterocycles. The highest BCUT2D eigenvalue weighted by Gasteiger charge is 2.27. The Labute approximate surface area is 339 Å². The quantitative estimate of drug-likeness (QED) is 0.0253. The van der Waals surface area contributed by atoms with E-state index < -0.39 is 41.9 Å². The molecule has 0 aromatic heterocycles. The maximum Gasteiger partial charge on any atom is 0.337 e. The normalized spacial score (nSPS) is 12.5. The number of benzene rings is 2. The summed E-state index contributed by atoms with van der Waals surface area (Å²) < 4.78 is 32.6. The third-order valence-electron chi connectivity index (χ3n) is 8.20. The Morgan fingerprint density at radius 1 is 0.707 bits per heavy atom. The molecule has 322 valence electrons. The van der Waals surface area contributed by atoms with Crippen LogP contribution in [0.1, 0.15) is 42.9 Å². The van der Waals surface area contributed by atoms with Crippen molar-refractivity contribution in [1.82, 2.24) is 16.0 Å². The lowest BCUT2D eigenvalue weighted by atomic mass is 10.0. The van der Waals surface area contributed by atoms with Gasteiger partial charge in [0.1, 0.15) is 12.1 Å². The van der Waals surface area contributed by atoms with Gasteiger partial charge >= 0.3 is 5.97 Å². The number of aliphatic hydroxyl groups is 1. The molecule has 19 nitrogen and oxygen atoms in total. The molecule has 58 heavy (non-hydrogen) atoms. The van der Waals surface area contributed by atoms with Gasteiger partial charge in [-0.05, 0) is 61.6 Å². The maximum absolute atomic E-state index is 13.7. The average Bonchev–Trinajstić information content (AvgIpc) is 3.22. The van der Waals surface area contributed by atoms with E-state index in [2.05, 4.69) is 31.3 Å². The van der Waals surface area contributed by atoms with Crippen LogP contribution in [0.4, 0.5) is 5.69 Å². The summed E-state index contributed by atoms with van der Waals surface area (Å²) in [5, 5.41) is 33.7. The van der Waals surface area contributed by atoms with Crippen molar-refractivity contribution in [2.75, 3.05) is 105 Å². The van der Waals surface area contributed by atoms with Crippen LogP contribution in [0.3, 0.4) is 0 Å². The number of anilines is 1. The van der Waals surface area contributed by atoms with Crippen LogP contribution in [-0.2, 0) is 54.0 Å². The summed E-state index contributed by atoms with van der Waals surface area (Å²) in [7, 11) is 1.82. The molecule has 3 atom stereocenters. The second-order valence-corrected chi connectivity index (χ2v) is 12.7. The van der Waals surface area contributed by atoms with E-state index in [1.807, 2.05) is 37.4 Å². The number of hydrogen-bond donors (Lipinski definition) is 6. The summed E-state index contributed by atoms with van der Waals surface area (Å²) >= 11 is 0. The van der Waals surface area contributed by atoms with Crippen LogP contribution in [0.15, 0.2) is 59.7 Å². The highest BCUT2D eigenvalue weighted by Crippen LogP contribution is 2.17. The Morgan fingerprint density at radius 3 is 1.79 bits per heavy atom. The number of azide groups is 1. The molecule has 0 aliphatic rings. The van der Waals surface area contributed by atoms with Gasteiger partial charge in [0.2, 0.25) is 17.7 Å². The van der Waals surface area contributed by atoms with Crippen molar-refractivity contribution in [2.24, 2.45) is 5.11 Å². The molecule has 0 fully saturated rings. The summed E-state index contributed by atoms with van der Waals surface area (Å²) in [4.78, 5) is 53.9. The van der Waals surface area contributed by atoms with E-state index in [0.717, 1.165) is 18.5 Å². The van der Waals surface area contributed by atoms with Gasteiger partial charge in [-0.3, -0.25) is 14.4 Å². The second kappa shape index (κ2) is 32.3. The Morgan fingerprint density at radius 2 is 1.26 bits per heavy atom. The van der Waals surface area contributed by atoms with E-state index in [0.29, 0.717) is 91.1 Å². The fraction of sp³-hybridized carbons (Fsp3) is 0.590. The van der Waals surface area contributed by atoms with Crippen LogP contribution in [0, 0.1) is 0 Å². The third-order valence-corrected chi connectivity index (χ3v) is 8.20. The van der Waals surface area contributed by atoms with Gasteiger partial charge in [0.05, 0.1) is 79.3 Å². The Hall–Kier alpha value is -4.69. The van der Waals surface area contributed by atoms with Crippen LogP contribution >= 0.6 is 0 Å². The second-order valence-electron chi connectivity index (χ2n) is 12.7. The van der Waals surface area contributed by atoms with Gasteiger partial charge < -0.3 is 59.9 Å². The summed E-state index contributed by atoms with van der Waals surface area (Å²) in [6.45, 7) is 5.31. The number of unbranched alkanes of at least 4 members (excludes halogenated alkanes) is 1. The number of aliphatic carboxylic acids is 1. The zero-order valence-corrected chi connectivity index (χ0v) is 33.2. The number of ether oxygens (including phenoxy) is 6. The molecular formula is C39H59N7O12. The molecule has 3 amide bonds. The Kier molecular flexibility index (Phi) is 27.5. The van der Waals surface area contributed by atoms with E-state index in [9.17, 15) is 24.3 Å². The highest BCUT2D eigenvalue weighted by atomic mass is 16.6. The van der Waals surface area contributed by atoms with Crippen molar-refractivity contribution in [3.63, 3.8) is 0 Å². The molecule has 0 saturated heterocycles. The minimum absolute atomic E-state index is 0.000124. The molecule has 0 aliphatic carbocycles. The zero-order valence-electron chi connectivity index (χ0n) is 33.2. The number of aliphatic hydroxyl groups excluding tert-OH is 1. The van der Waals surface area contributed by atoms with Crippen molar-refractivity contribution < 1.29 is 57.8 Å². The Balaban J connectivity index is 1.73. The van der Waals surface area contributed by atoms with Gasteiger partial charge in [-0.15, -0.1) is 0 Å². The number of carbonyl (C=O) groups excluding carboxylic acids is 3. The largest absolute Gasteiger partial charge is 0.479 e. The lowest BCUT2D eigenvalue weighted by Crippen LogP contribution is -2.53. The molecule has 0 bridgehead atoms. The number of nitrogens with zero attached hydrogens (tertiary/aromatic N) is 3. The number of carbonyl (C=O) groups is 4. The average molecular weight is 818 g/mol. The van der Waals surface area contributed by atoms with Gasteiger partial charge in [-0.1, -0.05) is 47.6 Å². The van der Waals surface area contributed by atoms with Crippen molar-refractivity contribution >= 4 is 29.4 Å². The van der Waals surface area contributed by atoms with Gasteiger partial charge in [0, 0.05) is 30.0 Å². The van der Waals surface area contributed by atoms with E-state index in [-0.39, 0.29) is 31.6 Å². The zero-order chi connectivity index (χ0) is 42.1. The van der Waals surface area contributed by atoms with Crippen LogP contribution in [-0.4, -0.2) is 145 Å². The van der Waals surface area contributed by atoms with Gasteiger partial charge in [-0.25, -0.2) is 4.79 Å². The number of hydrogen-bond acceptors (Lipinski definition) is 13. The van der Waals surface area contributed by atoms with Gasteiger partial charge in [0.15, 0.2) is 6.10 Å². The first kappa shape index (κ1) is 49.5. The maximum atomic E-state index is 13.7. The monoisotopic (exact) mass is 817 g/mol. The molecule has 0 aliphatic heterocycles. The van der Waals surface area contributed by atoms with Crippen LogP contribution < -0.4 is 21.3 Å². The van der Waals surface area contributed by atoms with E-state index in [4.69, 9.17) is 39.1 Å². The first-order valence-corrected chi connectivity index (χ1v) is 19.3. The molecule has 0 radical (unpaired) electrons. The van der Waals surface area contributed by atoms with Crippen LogP contribution in [0.25, 0.3) is 10.4 Å². The SMILES string of the molecule is CNCCCCC(NC(=O)[C@H](Cc1ccccc1)NC(=O)CCOCCOCCOCCOCCOCCOCCN=[N+]=[N-])C(=O)Nc1ccc(C(O)C(=O)O)cc1. The minimum Gasteiger partial charge on any atom is -0.479 e. The standard InChI is InChI=1S/C39H59N7O12/c1-41-15-6-5-9-33(37(49)43-32-12-10-31(11-13-32)36(48)39(51)52)45-38(50)34(29-30-7-3-2-4-8-30)44-35(47)14-17-53-19-21-55-23-25-57-27-28-58-26-24-56-22-20-54-18-16-42-46-40/h2-4,7-8,10-13,33-34,36,41,48H,5-6,9,14-29H2,1H3,(H,43,49)(H,44,47)(H,45,50)(H,51,52)/t33?,34-,36?/m0/s1. The number of rotatable bonds is 35. The molecule has 0 saturated carbocycles. The predicted molar refractivity (Wildman–Crippen MR) is 213 cm³/mol. The molecule has 2 aromatic carbocycles. The summed E-state index contributed by atoms with van der Waals surface area (Å²) in [5.74, 6) is -2.80. The molecular weight excluding hydrogens is 758 g/mol. The van der Waals surface area contributed by atoms with Crippen molar-refractivity contribution in [3.05, 3.63) is 76.2 Å². The van der Waals surface area contributed by atoms with Crippen LogP contribution in [0.2, 0.25) is 0 Å². The Bertz CT molecular complexity index is 1480. The summed E-state index contributed by atoms with van der Waals surface area (Å²) in [5.41, 5.74) is 9.51. The van der Waals surface area contributed by atoms with Crippen LogP contribution in [0.5, 0.6) is 0 Å². The summed E-state index contributed by atoms with van der Waals surface area (Å²) in [6.07, 6.45) is 0.207. The first-order chi connectivity index (χ1) is 28.2. The third kappa shape index (κ3) is 23.5. The molecule has 19 heteroatoms. The van der Waals surface area contributed by atoms with E-state index in [1.54, 1.807) is 0 Å².